The Morgan fingerprint density at radius 2 is 2.13 bits per heavy atom. The predicted molar refractivity (Wildman–Crippen MR) is 84.2 cm³/mol. The molecular formula is C14H19N3O5S. The van der Waals surface area contributed by atoms with Gasteiger partial charge in [0.05, 0.1) is 11.3 Å². The zero-order valence-corrected chi connectivity index (χ0v) is 13.7. The Morgan fingerprint density at radius 1 is 1.43 bits per heavy atom. The summed E-state index contributed by atoms with van der Waals surface area (Å²) in [5.74, 6) is -1.67. The predicted octanol–water partition coefficient (Wildman–Crippen LogP) is 0.0995. The second-order valence-corrected chi connectivity index (χ2v) is 7.28. The maximum Gasteiger partial charge on any atom is 0.326 e. The van der Waals surface area contributed by atoms with Crippen molar-refractivity contribution >= 4 is 27.7 Å². The molecule has 23 heavy (non-hydrogen) atoms. The first-order valence-electron chi connectivity index (χ1n) is 7.26. The van der Waals surface area contributed by atoms with Crippen LogP contribution in [0.3, 0.4) is 0 Å². The number of carboxylic acids is 1. The van der Waals surface area contributed by atoms with Gasteiger partial charge in [0, 0.05) is 12.7 Å². The van der Waals surface area contributed by atoms with Crippen molar-refractivity contribution in [3.8, 4) is 0 Å². The van der Waals surface area contributed by atoms with Crippen LogP contribution in [0.1, 0.15) is 20.3 Å². The van der Waals surface area contributed by atoms with E-state index in [0.717, 1.165) is 0 Å². The van der Waals surface area contributed by atoms with Crippen LogP contribution in [0.25, 0.3) is 0 Å². The molecule has 0 unspecified atom stereocenters. The summed E-state index contributed by atoms with van der Waals surface area (Å²) in [6, 6.07) is -0.974. The molecule has 0 saturated carbocycles. The number of carbonyl (C=O) groups is 2. The fourth-order valence-electron chi connectivity index (χ4n) is 2.24. The fourth-order valence-corrected chi connectivity index (χ4v) is 3.21. The molecule has 8 nitrogen and oxygen atoms in total. The van der Waals surface area contributed by atoms with Gasteiger partial charge in [0.1, 0.15) is 11.9 Å². The van der Waals surface area contributed by atoms with Gasteiger partial charge in [-0.15, -0.1) is 4.40 Å². The van der Waals surface area contributed by atoms with Crippen LogP contribution in [-0.4, -0.2) is 54.5 Å². The minimum absolute atomic E-state index is 0.125. The van der Waals surface area contributed by atoms with E-state index in [1.165, 1.54) is 18.4 Å². The van der Waals surface area contributed by atoms with Crippen molar-refractivity contribution in [2.75, 3.05) is 12.3 Å². The highest BCUT2D eigenvalue weighted by atomic mass is 32.2. The van der Waals surface area contributed by atoms with Gasteiger partial charge >= 0.3 is 5.97 Å². The van der Waals surface area contributed by atoms with E-state index in [1.807, 2.05) is 6.92 Å². The molecule has 0 aromatic rings. The van der Waals surface area contributed by atoms with Crippen LogP contribution in [0, 0.1) is 5.92 Å². The molecule has 2 aliphatic heterocycles. The van der Waals surface area contributed by atoms with Crippen LogP contribution >= 0.6 is 0 Å². The molecule has 9 heteroatoms. The zero-order chi connectivity index (χ0) is 17.2. The smallest absolute Gasteiger partial charge is 0.326 e. The first-order chi connectivity index (χ1) is 10.7. The molecule has 2 aliphatic rings. The average Bonchev–Trinajstić information content (AvgIpc) is 2.50. The van der Waals surface area contributed by atoms with Crippen molar-refractivity contribution < 1.29 is 23.1 Å². The van der Waals surface area contributed by atoms with E-state index in [0.29, 0.717) is 6.42 Å². The fraction of sp³-hybridized carbons (Fsp3) is 0.500. The van der Waals surface area contributed by atoms with Crippen molar-refractivity contribution in [3.05, 3.63) is 23.9 Å². The van der Waals surface area contributed by atoms with E-state index >= 15 is 0 Å². The molecule has 0 radical (unpaired) electrons. The Bertz CT molecular complexity index is 708. The highest BCUT2D eigenvalue weighted by Gasteiger charge is 2.28. The SMILES string of the molecule is CC[C@H](C)[C@H](NC(=O)C1=CN2CCS(=O)(=O)N=C2C=C1)C(=O)O. The molecular weight excluding hydrogens is 322 g/mol. The van der Waals surface area contributed by atoms with Crippen LogP contribution in [0.15, 0.2) is 28.3 Å². The number of hydrogen-bond donors (Lipinski definition) is 2. The number of amidine groups is 1. The lowest BCUT2D eigenvalue weighted by Crippen LogP contribution is -2.46. The van der Waals surface area contributed by atoms with E-state index in [4.69, 9.17) is 0 Å². The third-order valence-electron chi connectivity index (χ3n) is 3.85. The summed E-state index contributed by atoms with van der Waals surface area (Å²) in [7, 11) is -3.45. The standard InChI is InChI=1S/C14H19N3O5S/c1-3-9(2)12(14(19)20)15-13(18)10-4-5-11-16-23(21,22)7-6-17(11)8-10/h4-5,8-9,12H,3,6-7H2,1-2H3,(H,15,18)(H,19,20)/t9-,12-/m0/s1. The lowest BCUT2D eigenvalue weighted by molar-refractivity contribution is -0.142. The Kier molecular flexibility index (Phi) is 4.88. The van der Waals surface area contributed by atoms with Gasteiger partial charge in [0.2, 0.25) is 0 Å². The molecule has 0 spiro atoms. The first kappa shape index (κ1) is 17.2. The third-order valence-corrected chi connectivity index (χ3v) is 5.02. The molecule has 0 saturated heterocycles. The second kappa shape index (κ2) is 6.53. The minimum Gasteiger partial charge on any atom is -0.480 e. The van der Waals surface area contributed by atoms with Crippen molar-refractivity contribution in [2.24, 2.45) is 10.3 Å². The summed E-state index contributed by atoms with van der Waals surface area (Å²) in [5.41, 5.74) is 0.262. The van der Waals surface area contributed by atoms with Crippen LogP contribution in [0.5, 0.6) is 0 Å². The second-order valence-electron chi connectivity index (χ2n) is 5.52. The normalized spacial score (nSPS) is 21.6. The number of nitrogens with zero attached hydrogens (tertiary/aromatic N) is 2. The summed E-state index contributed by atoms with van der Waals surface area (Å²) in [5, 5.41) is 11.7. The first-order valence-corrected chi connectivity index (χ1v) is 8.87. The van der Waals surface area contributed by atoms with E-state index < -0.39 is 27.9 Å². The van der Waals surface area contributed by atoms with Gasteiger partial charge in [-0.1, -0.05) is 20.3 Å². The zero-order valence-electron chi connectivity index (χ0n) is 12.9. The van der Waals surface area contributed by atoms with Crippen molar-refractivity contribution in [1.82, 2.24) is 10.2 Å². The number of hydrogen-bond acceptors (Lipinski definition) is 5. The molecule has 0 aromatic carbocycles. The summed E-state index contributed by atoms with van der Waals surface area (Å²) in [6.45, 7) is 3.81. The third kappa shape index (κ3) is 3.98. The number of fused-ring (bicyclic) bond motifs is 1. The Labute approximate surface area is 134 Å². The van der Waals surface area contributed by atoms with Crippen LogP contribution in [-0.2, 0) is 19.6 Å². The number of sulfonamides is 1. The molecule has 1 amide bonds. The molecule has 126 valence electrons. The molecule has 0 fully saturated rings. The summed E-state index contributed by atoms with van der Waals surface area (Å²) >= 11 is 0. The van der Waals surface area contributed by atoms with E-state index in [2.05, 4.69) is 9.71 Å². The Hall–Kier alpha value is -2.16. The van der Waals surface area contributed by atoms with Gasteiger partial charge in [-0.2, -0.15) is 0 Å². The Morgan fingerprint density at radius 3 is 2.74 bits per heavy atom. The lowest BCUT2D eigenvalue weighted by Gasteiger charge is -2.27. The highest BCUT2D eigenvalue weighted by Crippen LogP contribution is 2.16. The highest BCUT2D eigenvalue weighted by molar-refractivity contribution is 7.90. The number of aliphatic carboxylic acids is 1. The van der Waals surface area contributed by atoms with Crippen LogP contribution < -0.4 is 5.32 Å². The summed E-state index contributed by atoms with van der Waals surface area (Å²) in [4.78, 5) is 25.1. The monoisotopic (exact) mass is 341 g/mol. The lowest BCUT2D eigenvalue weighted by atomic mass is 9.99. The van der Waals surface area contributed by atoms with Crippen molar-refractivity contribution in [3.63, 3.8) is 0 Å². The van der Waals surface area contributed by atoms with Crippen LogP contribution in [0.4, 0.5) is 0 Å². The molecule has 0 aliphatic carbocycles. The van der Waals surface area contributed by atoms with Gasteiger partial charge in [-0.3, -0.25) is 4.79 Å². The minimum atomic E-state index is -3.45. The molecule has 2 rings (SSSR count). The quantitative estimate of drug-likeness (QED) is 0.732. The van der Waals surface area contributed by atoms with Gasteiger partial charge in [-0.05, 0) is 18.1 Å². The number of rotatable bonds is 5. The Balaban J connectivity index is 2.15. The average molecular weight is 341 g/mol. The molecule has 0 aromatic heterocycles. The number of amides is 1. The van der Waals surface area contributed by atoms with Gasteiger partial charge in [0.15, 0.2) is 0 Å². The molecule has 2 atom stereocenters. The number of nitrogens with one attached hydrogen (secondary N) is 1. The molecule has 2 N–H and O–H groups in total. The number of carbonyl (C=O) groups excluding carboxylic acids is 1. The topological polar surface area (TPSA) is 116 Å². The van der Waals surface area contributed by atoms with Crippen LogP contribution in [0.2, 0.25) is 0 Å². The van der Waals surface area contributed by atoms with Gasteiger partial charge < -0.3 is 15.3 Å². The maximum absolute atomic E-state index is 12.3. The summed E-state index contributed by atoms with van der Waals surface area (Å²) < 4.78 is 26.5. The van der Waals surface area contributed by atoms with Gasteiger partial charge in [0.25, 0.3) is 15.9 Å². The van der Waals surface area contributed by atoms with E-state index in [1.54, 1.807) is 11.8 Å². The number of carboxylic acid groups (broad SMARTS) is 1. The van der Waals surface area contributed by atoms with E-state index in [-0.39, 0.29) is 29.6 Å². The largest absolute Gasteiger partial charge is 0.480 e. The van der Waals surface area contributed by atoms with Crippen molar-refractivity contribution in [1.29, 1.82) is 0 Å². The van der Waals surface area contributed by atoms with E-state index in [9.17, 15) is 23.1 Å². The maximum atomic E-state index is 12.3. The molecule has 0 bridgehead atoms. The van der Waals surface area contributed by atoms with Crippen molar-refractivity contribution in [2.45, 2.75) is 26.3 Å². The van der Waals surface area contributed by atoms with Gasteiger partial charge in [-0.25, -0.2) is 13.2 Å². The summed E-state index contributed by atoms with van der Waals surface area (Å²) in [6.07, 6.45) is 4.97. The molecule has 2 heterocycles.